The van der Waals surface area contributed by atoms with Crippen LogP contribution < -0.4 is 5.73 Å². The van der Waals surface area contributed by atoms with Gasteiger partial charge in [0, 0.05) is 5.69 Å². The molecule has 7 nitrogen and oxygen atoms in total. The molecule has 0 saturated heterocycles. The van der Waals surface area contributed by atoms with Crippen LogP contribution in [0.3, 0.4) is 0 Å². The van der Waals surface area contributed by atoms with E-state index in [2.05, 4.69) is 0 Å². The third-order valence-electron chi connectivity index (χ3n) is 1.18. The quantitative estimate of drug-likeness (QED) is 0.276. The smallest absolute Gasteiger partial charge is 0.294 e. The lowest BCUT2D eigenvalue weighted by atomic mass is 10.3. The third-order valence-corrected chi connectivity index (χ3v) is 2.05. The fraction of sp³-hybridized carbons (Fsp3) is 0. The molecule has 1 aromatic rings. The Morgan fingerprint density at radius 2 is 1.57 bits per heavy atom. The predicted molar refractivity (Wildman–Crippen MR) is 48.3 cm³/mol. The third kappa shape index (κ3) is 4.38. The van der Waals surface area contributed by atoms with E-state index in [0.717, 1.165) is 0 Å². The van der Waals surface area contributed by atoms with Crippen molar-refractivity contribution < 1.29 is 18.2 Å². The zero-order valence-electron chi connectivity index (χ0n) is 6.86. The van der Waals surface area contributed by atoms with Crippen molar-refractivity contribution in [3.63, 3.8) is 0 Å². The SMILES string of the molecule is Nc1ccc(S(=O)(=O)O)cc1.O=NO. The van der Waals surface area contributed by atoms with Gasteiger partial charge in [0.25, 0.3) is 10.1 Å². The Bertz CT molecular complexity index is 385. The predicted octanol–water partition coefficient (Wildman–Crippen LogP) is 0.657. The molecule has 0 atom stereocenters. The first kappa shape index (κ1) is 12.3. The van der Waals surface area contributed by atoms with Crippen molar-refractivity contribution in [2.24, 2.45) is 5.34 Å². The van der Waals surface area contributed by atoms with E-state index in [-0.39, 0.29) is 4.90 Å². The summed E-state index contributed by atoms with van der Waals surface area (Å²) in [5.74, 6) is 0. The molecule has 1 aromatic carbocycles. The normalized spacial score (nSPS) is 9.79. The van der Waals surface area contributed by atoms with Gasteiger partial charge in [-0.2, -0.15) is 8.42 Å². The highest BCUT2D eigenvalue weighted by Gasteiger charge is 2.06. The average Bonchev–Trinajstić information content (AvgIpc) is 2.04. The van der Waals surface area contributed by atoms with Gasteiger partial charge < -0.3 is 10.9 Å². The summed E-state index contributed by atoms with van der Waals surface area (Å²) in [6.07, 6.45) is 0. The molecule has 0 fully saturated rings. The van der Waals surface area contributed by atoms with Gasteiger partial charge in [0.1, 0.15) is 0 Å². The molecule has 4 N–H and O–H groups in total. The van der Waals surface area contributed by atoms with Gasteiger partial charge in [0.2, 0.25) is 0 Å². The summed E-state index contributed by atoms with van der Waals surface area (Å²) in [5.41, 5.74) is 5.75. The highest BCUT2D eigenvalue weighted by atomic mass is 32.2. The van der Waals surface area contributed by atoms with Crippen molar-refractivity contribution in [2.75, 3.05) is 5.73 Å². The van der Waals surface area contributed by atoms with Crippen LogP contribution in [0.5, 0.6) is 0 Å². The van der Waals surface area contributed by atoms with Gasteiger partial charge in [0.05, 0.1) is 4.90 Å². The maximum Gasteiger partial charge on any atom is 0.294 e. The van der Waals surface area contributed by atoms with E-state index in [9.17, 15) is 8.42 Å². The summed E-state index contributed by atoms with van der Waals surface area (Å²) in [7, 11) is -4.08. The number of benzene rings is 1. The molecule has 0 aliphatic carbocycles. The maximum absolute atomic E-state index is 10.5. The molecule has 0 heterocycles. The molecule has 0 radical (unpaired) electrons. The lowest BCUT2D eigenvalue weighted by Crippen LogP contribution is -1.97. The standard InChI is InChI=1S/C6H7NO3S.HNO2/c7-5-1-3-6(4-2-5)11(8,9)10;2-1-3/h1-4H,7H2,(H,8,9,10);(H,2,3). The van der Waals surface area contributed by atoms with Crippen molar-refractivity contribution in [3.8, 4) is 0 Å². The van der Waals surface area contributed by atoms with Gasteiger partial charge in [-0.3, -0.25) is 4.55 Å². The first-order chi connectivity index (χ1) is 6.41. The number of nitrogens with two attached hydrogens (primary N) is 1. The molecule has 78 valence electrons. The minimum Gasteiger partial charge on any atom is -0.399 e. The molecule has 0 aliphatic heterocycles. The van der Waals surface area contributed by atoms with Gasteiger partial charge in [-0.15, -0.1) is 4.91 Å². The number of hydrogen-bond donors (Lipinski definition) is 3. The molecular formula is C6H8N2O5S. The monoisotopic (exact) mass is 220 g/mol. The second-order valence-electron chi connectivity index (χ2n) is 2.13. The van der Waals surface area contributed by atoms with Gasteiger partial charge in [-0.25, -0.2) is 0 Å². The number of hydrogen-bond acceptors (Lipinski definition) is 5. The van der Waals surface area contributed by atoms with E-state index in [1.165, 1.54) is 29.6 Å². The molecule has 14 heavy (non-hydrogen) atoms. The molecule has 0 amide bonds. The number of nitrogens with zero attached hydrogens (tertiary/aromatic N) is 1. The summed E-state index contributed by atoms with van der Waals surface area (Å²) in [4.78, 5) is 7.96. The van der Waals surface area contributed by atoms with Crippen molar-refractivity contribution in [3.05, 3.63) is 29.2 Å². The summed E-state index contributed by atoms with van der Waals surface area (Å²) >= 11 is 0. The minimum absolute atomic E-state index is 0.147. The van der Waals surface area contributed by atoms with E-state index in [0.29, 0.717) is 5.69 Å². The highest BCUT2D eigenvalue weighted by Crippen LogP contribution is 2.10. The van der Waals surface area contributed by atoms with Crippen LogP contribution >= 0.6 is 0 Å². The zero-order valence-corrected chi connectivity index (χ0v) is 7.68. The lowest BCUT2D eigenvalue weighted by Gasteiger charge is -1.95. The molecule has 0 spiro atoms. The second kappa shape index (κ2) is 5.14. The molecule has 0 saturated carbocycles. The van der Waals surface area contributed by atoms with Crippen LogP contribution in [0.15, 0.2) is 34.5 Å². The van der Waals surface area contributed by atoms with Crippen LogP contribution in [0.4, 0.5) is 5.69 Å². The molecule has 0 aromatic heterocycles. The number of rotatable bonds is 1. The van der Waals surface area contributed by atoms with Gasteiger partial charge in [-0.1, -0.05) is 0 Å². The summed E-state index contributed by atoms with van der Waals surface area (Å²) in [5, 5.41) is 7.89. The highest BCUT2D eigenvalue weighted by molar-refractivity contribution is 7.85. The summed E-state index contributed by atoms with van der Waals surface area (Å²) in [6.45, 7) is 0. The largest absolute Gasteiger partial charge is 0.399 e. The van der Waals surface area contributed by atoms with E-state index < -0.39 is 10.1 Å². The molecule has 0 bridgehead atoms. The average molecular weight is 220 g/mol. The molecule has 0 aliphatic rings. The zero-order chi connectivity index (χ0) is 11.2. The Labute approximate surface area is 79.8 Å². The van der Waals surface area contributed by atoms with Gasteiger partial charge in [0.15, 0.2) is 5.34 Å². The lowest BCUT2D eigenvalue weighted by molar-refractivity contribution is 0.312. The Kier molecular flexibility index (Phi) is 4.53. The Morgan fingerprint density at radius 3 is 1.86 bits per heavy atom. The Hall–Kier alpha value is -1.67. The van der Waals surface area contributed by atoms with Crippen LogP contribution in [-0.4, -0.2) is 18.2 Å². The van der Waals surface area contributed by atoms with Gasteiger partial charge in [-0.05, 0) is 24.3 Å². The summed E-state index contributed by atoms with van der Waals surface area (Å²) in [6, 6.07) is 5.29. The molecule has 1 rings (SSSR count). The van der Waals surface area contributed by atoms with Crippen LogP contribution in [0.25, 0.3) is 0 Å². The fourth-order valence-corrected chi connectivity index (χ4v) is 1.12. The van der Waals surface area contributed by atoms with Crippen molar-refractivity contribution in [1.82, 2.24) is 0 Å². The van der Waals surface area contributed by atoms with Crippen molar-refractivity contribution in [2.45, 2.75) is 4.90 Å². The van der Waals surface area contributed by atoms with Crippen LogP contribution in [0.1, 0.15) is 0 Å². The Balaban J connectivity index is 0.000000500. The molecule has 0 unspecified atom stereocenters. The maximum atomic E-state index is 10.5. The number of nitrogen functional groups attached to an aromatic ring is 1. The minimum atomic E-state index is -4.08. The van der Waals surface area contributed by atoms with E-state index >= 15 is 0 Å². The Morgan fingerprint density at radius 1 is 1.21 bits per heavy atom. The van der Waals surface area contributed by atoms with Crippen LogP contribution in [0.2, 0.25) is 0 Å². The first-order valence-electron chi connectivity index (χ1n) is 3.21. The van der Waals surface area contributed by atoms with Crippen molar-refractivity contribution in [1.29, 1.82) is 0 Å². The second-order valence-corrected chi connectivity index (χ2v) is 3.55. The topological polar surface area (TPSA) is 130 Å². The fourth-order valence-electron chi connectivity index (χ4n) is 0.640. The van der Waals surface area contributed by atoms with Crippen molar-refractivity contribution >= 4 is 15.8 Å². The molecular weight excluding hydrogens is 212 g/mol. The molecule has 8 heteroatoms. The van der Waals surface area contributed by atoms with E-state index in [1.54, 1.807) is 0 Å². The van der Waals surface area contributed by atoms with Gasteiger partial charge >= 0.3 is 0 Å². The van der Waals surface area contributed by atoms with Crippen LogP contribution in [0, 0.1) is 4.91 Å². The number of anilines is 1. The van der Waals surface area contributed by atoms with Crippen LogP contribution in [-0.2, 0) is 10.1 Å². The summed E-state index contributed by atoms with van der Waals surface area (Å²) < 4.78 is 29.4. The van der Waals surface area contributed by atoms with E-state index in [1.807, 2.05) is 0 Å². The van der Waals surface area contributed by atoms with E-state index in [4.69, 9.17) is 20.4 Å². The first-order valence-corrected chi connectivity index (χ1v) is 4.65.